The molecule has 1 saturated heterocycles. The molecule has 8 heteroatoms. The molecular weight excluding hydrogens is 372 g/mol. The fourth-order valence-corrected chi connectivity index (χ4v) is 3.18. The van der Waals surface area contributed by atoms with Crippen LogP contribution in [-0.4, -0.2) is 42.2 Å². The van der Waals surface area contributed by atoms with Gasteiger partial charge in [0.05, 0.1) is 12.6 Å². The third-order valence-corrected chi connectivity index (χ3v) is 4.64. The van der Waals surface area contributed by atoms with Gasteiger partial charge >= 0.3 is 6.09 Å². The number of amides is 2. The number of hydrogen-bond donors (Lipinski definition) is 0. The molecule has 150 valence electrons. The topological polar surface area (TPSA) is 105 Å². The molecule has 1 aliphatic rings. The fourth-order valence-electron chi connectivity index (χ4n) is 3.18. The highest BCUT2D eigenvalue weighted by atomic mass is 16.6. The molecule has 2 amide bonds. The van der Waals surface area contributed by atoms with Crippen LogP contribution >= 0.6 is 0 Å². The lowest BCUT2D eigenvalue weighted by atomic mass is 10.0. The minimum absolute atomic E-state index is 0.118. The van der Waals surface area contributed by atoms with Crippen LogP contribution in [0.5, 0.6) is 0 Å². The molecule has 1 fully saturated rings. The van der Waals surface area contributed by atoms with Gasteiger partial charge in [0.1, 0.15) is 12.6 Å². The van der Waals surface area contributed by atoms with Gasteiger partial charge in [0, 0.05) is 11.5 Å². The summed E-state index contributed by atoms with van der Waals surface area (Å²) in [7, 11) is 0. The standard InChI is InChI=1S/C21H22N4O4/c22-24-23-19(11-12-28-14-17-9-5-2-6-10-17)20(26)25-18(15-29-21(25)27)13-16-7-3-1-4-8-16/h1-10,18-19H,11-15H2. The molecular formula is C21H22N4O4. The van der Waals surface area contributed by atoms with Crippen molar-refractivity contribution in [2.24, 2.45) is 5.11 Å². The van der Waals surface area contributed by atoms with Gasteiger partial charge in [0.15, 0.2) is 0 Å². The van der Waals surface area contributed by atoms with Crippen molar-refractivity contribution in [3.8, 4) is 0 Å². The summed E-state index contributed by atoms with van der Waals surface area (Å²) in [6, 6.07) is 17.7. The largest absolute Gasteiger partial charge is 0.447 e. The van der Waals surface area contributed by atoms with E-state index in [1.165, 1.54) is 0 Å². The van der Waals surface area contributed by atoms with Crippen LogP contribution in [0.1, 0.15) is 17.5 Å². The Hall–Kier alpha value is -3.35. The van der Waals surface area contributed by atoms with Crippen molar-refractivity contribution in [1.82, 2.24) is 4.90 Å². The number of ether oxygens (including phenoxy) is 2. The highest BCUT2D eigenvalue weighted by Crippen LogP contribution is 2.20. The Balaban J connectivity index is 1.60. The zero-order valence-electron chi connectivity index (χ0n) is 15.9. The van der Waals surface area contributed by atoms with E-state index in [1.807, 2.05) is 60.7 Å². The number of carbonyl (C=O) groups is 2. The molecule has 8 nitrogen and oxygen atoms in total. The summed E-state index contributed by atoms with van der Waals surface area (Å²) in [5.41, 5.74) is 10.9. The molecule has 1 heterocycles. The second kappa shape index (κ2) is 10.3. The second-order valence-corrected chi connectivity index (χ2v) is 6.68. The van der Waals surface area contributed by atoms with Crippen molar-refractivity contribution in [1.29, 1.82) is 0 Å². The third kappa shape index (κ3) is 5.57. The maximum Gasteiger partial charge on any atom is 0.416 e. The normalized spacial score (nSPS) is 16.8. The lowest BCUT2D eigenvalue weighted by Crippen LogP contribution is -2.45. The molecule has 0 N–H and O–H groups in total. The lowest BCUT2D eigenvalue weighted by Gasteiger charge is -2.22. The maximum absolute atomic E-state index is 12.9. The first kappa shape index (κ1) is 20.4. The van der Waals surface area contributed by atoms with E-state index in [1.54, 1.807) is 0 Å². The van der Waals surface area contributed by atoms with Crippen LogP contribution in [-0.2, 0) is 27.3 Å². The molecule has 29 heavy (non-hydrogen) atoms. The van der Waals surface area contributed by atoms with Crippen molar-refractivity contribution in [3.63, 3.8) is 0 Å². The lowest BCUT2D eigenvalue weighted by molar-refractivity contribution is -0.131. The van der Waals surface area contributed by atoms with E-state index in [-0.39, 0.29) is 19.6 Å². The highest BCUT2D eigenvalue weighted by molar-refractivity contribution is 5.96. The van der Waals surface area contributed by atoms with Gasteiger partial charge in [-0.15, -0.1) is 0 Å². The smallest absolute Gasteiger partial charge is 0.416 e. The van der Waals surface area contributed by atoms with E-state index < -0.39 is 24.1 Å². The summed E-state index contributed by atoms with van der Waals surface area (Å²) in [4.78, 5) is 28.9. The van der Waals surface area contributed by atoms with Crippen molar-refractivity contribution in [2.75, 3.05) is 13.2 Å². The maximum atomic E-state index is 12.9. The van der Waals surface area contributed by atoms with Crippen LogP contribution in [0.2, 0.25) is 0 Å². The molecule has 2 aromatic carbocycles. The van der Waals surface area contributed by atoms with E-state index >= 15 is 0 Å². The number of nitrogens with zero attached hydrogens (tertiary/aromatic N) is 4. The number of hydrogen-bond acceptors (Lipinski definition) is 5. The quantitative estimate of drug-likeness (QED) is 0.279. The molecule has 0 radical (unpaired) electrons. The predicted molar refractivity (Wildman–Crippen MR) is 106 cm³/mol. The van der Waals surface area contributed by atoms with Crippen LogP contribution in [0.4, 0.5) is 4.79 Å². The Kier molecular flexibility index (Phi) is 7.22. The van der Waals surface area contributed by atoms with Gasteiger partial charge < -0.3 is 9.47 Å². The third-order valence-electron chi connectivity index (χ3n) is 4.64. The van der Waals surface area contributed by atoms with Crippen LogP contribution in [0, 0.1) is 0 Å². The number of carbonyl (C=O) groups excluding carboxylic acids is 2. The van der Waals surface area contributed by atoms with Crippen LogP contribution < -0.4 is 0 Å². The average Bonchev–Trinajstić information content (AvgIpc) is 3.11. The van der Waals surface area contributed by atoms with Crippen molar-refractivity contribution >= 4 is 12.0 Å². The van der Waals surface area contributed by atoms with Crippen molar-refractivity contribution < 1.29 is 19.1 Å². The van der Waals surface area contributed by atoms with Crippen LogP contribution in [0.3, 0.4) is 0 Å². The summed E-state index contributed by atoms with van der Waals surface area (Å²) in [6.07, 6.45) is -0.0529. The van der Waals surface area contributed by atoms with Crippen molar-refractivity contribution in [2.45, 2.75) is 31.5 Å². The van der Waals surface area contributed by atoms with Crippen molar-refractivity contribution in [3.05, 3.63) is 82.2 Å². The Morgan fingerprint density at radius 1 is 1.17 bits per heavy atom. The minimum Gasteiger partial charge on any atom is -0.447 e. The first-order valence-corrected chi connectivity index (χ1v) is 9.38. The SMILES string of the molecule is [N-]=[N+]=NC(CCOCc1ccccc1)C(=O)N1C(=O)OCC1Cc1ccccc1. The number of imide groups is 1. The van der Waals surface area contributed by atoms with Gasteiger partial charge in [-0.1, -0.05) is 65.8 Å². The van der Waals surface area contributed by atoms with Gasteiger partial charge in [0.2, 0.25) is 5.91 Å². The average molecular weight is 394 g/mol. The summed E-state index contributed by atoms with van der Waals surface area (Å²) in [6.45, 7) is 0.726. The molecule has 0 spiro atoms. The molecule has 0 aromatic heterocycles. The number of benzene rings is 2. The molecule has 2 aromatic rings. The van der Waals surface area contributed by atoms with Crippen LogP contribution in [0.25, 0.3) is 10.4 Å². The molecule has 2 atom stereocenters. The fraction of sp³-hybridized carbons (Fsp3) is 0.333. The molecule has 0 bridgehead atoms. The summed E-state index contributed by atoms with van der Waals surface area (Å²) >= 11 is 0. The van der Waals surface area contributed by atoms with Gasteiger partial charge in [-0.05, 0) is 29.5 Å². The first-order chi connectivity index (χ1) is 14.2. The highest BCUT2D eigenvalue weighted by Gasteiger charge is 2.40. The molecule has 2 unspecified atom stereocenters. The summed E-state index contributed by atoms with van der Waals surface area (Å²) in [5.74, 6) is -0.561. The van der Waals surface area contributed by atoms with Gasteiger partial charge in [-0.3, -0.25) is 4.79 Å². The zero-order chi connectivity index (χ0) is 20.5. The van der Waals surface area contributed by atoms with E-state index in [2.05, 4.69) is 10.0 Å². The zero-order valence-corrected chi connectivity index (χ0v) is 15.9. The number of cyclic esters (lactones) is 1. The Bertz CT molecular complexity index is 869. The first-order valence-electron chi connectivity index (χ1n) is 9.38. The molecule has 0 saturated carbocycles. The summed E-state index contributed by atoms with van der Waals surface area (Å²) < 4.78 is 10.7. The Labute approximate surface area is 168 Å². The Morgan fingerprint density at radius 3 is 2.48 bits per heavy atom. The van der Waals surface area contributed by atoms with E-state index in [0.29, 0.717) is 13.0 Å². The van der Waals surface area contributed by atoms with Gasteiger partial charge in [-0.2, -0.15) is 0 Å². The van der Waals surface area contributed by atoms with Gasteiger partial charge in [0.25, 0.3) is 0 Å². The second-order valence-electron chi connectivity index (χ2n) is 6.68. The van der Waals surface area contributed by atoms with E-state index in [9.17, 15) is 9.59 Å². The van der Waals surface area contributed by atoms with E-state index in [4.69, 9.17) is 15.0 Å². The molecule has 0 aliphatic carbocycles. The summed E-state index contributed by atoms with van der Waals surface area (Å²) in [5, 5.41) is 3.59. The molecule has 3 rings (SSSR count). The Morgan fingerprint density at radius 2 is 1.83 bits per heavy atom. The molecule has 1 aliphatic heterocycles. The van der Waals surface area contributed by atoms with E-state index in [0.717, 1.165) is 16.0 Å². The monoisotopic (exact) mass is 394 g/mol. The number of rotatable bonds is 9. The van der Waals surface area contributed by atoms with Gasteiger partial charge in [-0.25, -0.2) is 9.69 Å². The minimum atomic E-state index is -1.03. The number of azide groups is 1. The predicted octanol–water partition coefficient (Wildman–Crippen LogP) is 3.86. The van der Waals surface area contributed by atoms with Crippen LogP contribution in [0.15, 0.2) is 65.8 Å².